The molecule has 338 valence electrons. The molecule has 15 rings (SSSR count). The highest BCUT2D eigenvalue weighted by atomic mass is 32.1. The molecular formula is C69H45NOS. The molecule has 0 N–H and O–H groups in total. The first-order valence-electron chi connectivity index (χ1n) is 24.9. The molecule has 0 amide bonds. The van der Waals surface area contributed by atoms with Crippen LogP contribution in [0.5, 0.6) is 0 Å². The molecule has 0 spiro atoms. The van der Waals surface area contributed by atoms with Gasteiger partial charge in [0, 0.05) is 53.3 Å². The van der Waals surface area contributed by atoms with Crippen LogP contribution in [0.25, 0.3) is 75.5 Å². The second kappa shape index (κ2) is 15.6. The largest absolute Gasteiger partial charge is 0.454 e. The van der Waals surface area contributed by atoms with Crippen molar-refractivity contribution in [2.45, 2.75) is 17.8 Å². The SMILES string of the molecule is CC1(c2cccc3c2oc2c(N(c4ccc(-c5cccc6c5sc5ccccc56)cc4)c4ccc5c(c4)C(c4ccccc4)(c4ccccc4)c4ccccc4-5)cccc23)c2ccccc2-c2ccccc21. The summed E-state index contributed by atoms with van der Waals surface area (Å²) in [4.78, 5) is 2.43. The van der Waals surface area contributed by atoms with Gasteiger partial charge in [-0.1, -0.05) is 218 Å². The summed E-state index contributed by atoms with van der Waals surface area (Å²) >= 11 is 1.87. The van der Waals surface area contributed by atoms with Crippen molar-refractivity contribution in [3.63, 3.8) is 0 Å². The Labute approximate surface area is 422 Å². The van der Waals surface area contributed by atoms with E-state index in [4.69, 9.17) is 4.42 Å². The zero-order chi connectivity index (χ0) is 47.5. The van der Waals surface area contributed by atoms with Gasteiger partial charge >= 0.3 is 0 Å². The molecule has 0 saturated heterocycles. The number of hydrogen-bond acceptors (Lipinski definition) is 3. The van der Waals surface area contributed by atoms with Crippen molar-refractivity contribution in [2.24, 2.45) is 0 Å². The minimum absolute atomic E-state index is 0.430. The maximum atomic E-state index is 7.50. The Morgan fingerprint density at radius 3 is 1.57 bits per heavy atom. The van der Waals surface area contributed by atoms with Crippen LogP contribution < -0.4 is 4.90 Å². The zero-order valence-corrected chi connectivity index (χ0v) is 40.3. The monoisotopic (exact) mass is 935 g/mol. The van der Waals surface area contributed by atoms with Gasteiger partial charge in [0.1, 0.15) is 5.58 Å². The molecular weight excluding hydrogens is 891 g/mol. The van der Waals surface area contributed by atoms with Gasteiger partial charge in [0.15, 0.2) is 5.58 Å². The lowest BCUT2D eigenvalue weighted by molar-refractivity contribution is 0.638. The number of fused-ring (bicyclic) bond motifs is 12. The van der Waals surface area contributed by atoms with Crippen molar-refractivity contribution >= 4 is 70.5 Å². The Morgan fingerprint density at radius 1 is 0.361 bits per heavy atom. The van der Waals surface area contributed by atoms with E-state index in [1.54, 1.807) is 0 Å². The Balaban J connectivity index is 0.974. The molecule has 0 unspecified atom stereocenters. The summed E-state index contributed by atoms with van der Waals surface area (Å²) in [5, 5.41) is 4.80. The molecule has 3 heteroatoms. The number of thiophene rings is 1. The summed E-state index contributed by atoms with van der Waals surface area (Å²) in [5.41, 5.74) is 20.1. The van der Waals surface area contributed by atoms with Crippen LogP contribution in [0, 0.1) is 0 Å². The van der Waals surface area contributed by atoms with Crippen molar-refractivity contribution in [1.29, 1.82) is 0 Å². The first-order chi connectivity index (χ1) is 35.6. The molecule has 0 radical (unpaired) electrons. The zero-order valence-electron chi connectivity index (χ0n) is 39.5. The average Bonchev–Trinajstić information content (AvgIpc) is 4.18. The normalized spacial score (nSPS) is 13.8. The highest BCUT2D eigenvalue weighted by Gasteiger charge is 2.47. The Kier molecular flexibility index (Phi) is 8.91. The lowest BCUT2D eigenvalue weighted by Crippen LogP contribution is -2.28. The van der Waals surface area contributed by atoms with Gasteiger partial charge in [-0.2, -0.15) is 0 Å². The van der Waals surface area contributed by atoms with Gasteiger partial charge in [0.25, 0.3) is 0 Å². The molecule has 2 aliphatic carbocycles. The van der Waals surface area contributed by atoms with E-state index in [0.717, 1.165) is 44.6 Å². The van der Waals surface area contributed by atoms with Crippen LogP contribution in [0.1, 0.15) is 45.9 Å². The average molecular weight is 936 g/mol. The molecule has 11 aromatic carbocycles. The molecule has 0 atom stereocenters. The molecule has 0 saturated carbocycles. The van der Waals surface area contributed by atoms with Crippen molar-refractivity contribution in [3.8, 4) is 33.4 Å². The number of rotatable bonds is 7. The van der Waals surface area contributed by atoms with Gasteiger partial charge in [-0.3, -0.25) is 0 Å². The maximum Gasteiger partial charge on any atom is 0.159 e. The molecule has 0 fully saturated rings. The first kappa shape index (κ1) is 41.1. The van der Waals surface area contributed by atoms with E-state index in [9.17, 15) is 0 Å². The van der Waals surface area contributed by atoms with Gasteiger partial charge in [0.05, 0.1) is 11.1 Å². The predicted octanol–water partition coefficient (Wildman–Crippen LogP) is 18.8. The van der Waals surface area contributed by atoms with Crippen molar-refractivity contribution in [1.82, 2.24) is 0 Å². The molecule has 72 heavy (non-hydrogen) atoms. The summed E-state index contributed by atoms with van der Waals surface area (Å²) in [6, 6.07) is 94.1. The fourth-order valence-electron chi connectivity index (χ4n) is 12.9. The van der Waals surface area contributed by atoms with Crippen LogP contribution in [0.3, 0.4) is 0 Å². The van der Waals surface area contributed by atoms with Gasteiger partial charge in [-0.15, -0.1) is 11.3 Å². The lowest BCUT2D eigenvalue weighted by atomic mass is 9.67. The molecule has 0 aliphatic heterocycles. The second-order valence-electron chi connectivity index (χ2n) is 19.6. The van der Waals surface area contributed by atoms with E-state index in [1.165, 1.54) is 86.9 Å². The number of para-hydroxylation sites is 2. The van der Waals surface area contributed by atoms with Crippen molar-refractivity contribution in [2.75, 3.05) is 4.90 Å². The number of benzene rings is 11. The molecule has 2 heterocycles. The van der Waals surface area contributed by atoms with Gasteiger partial charge in [0.2, 0.25) is 0 Å². The Hall–Kier alpha value is -8.76. The Morgan fingerprint density at radius 2 is 0.861 bits per heavy atom. The van der Waals surface area contributed by atoms with E-state index in [2.05, 4.69) is 267 Å². The summed E-state index contributed by atoms with van der Waals surface area (Å²) < 4.78 is 10.1. The first-order valence-corrected chi connectivity index (χ1v) is 25.7. The van der Waals surface area contributed by atoms with Crippen LogP contribution in [0.2, 0.25) is 0 Å². The third kappa shape index (κ3) is 5.65. The van der Waals surface area contributed by atoms with E-state index < -0.39 is 10.8 Å². The van der Waals surface area contributed by atoms with Crippen LogP contribution >= 0.6 is 11.3 Å². The second-order valence-corrected chi connectivity index (χ2v) is 20.6. The van der Waals surface area contributed by atoms with E-state index in [0.29, 0.717) is 0 Å². The molecule has 2 aliphatic rings. The molecule has 2 nitrogen and oxygen atoms in total. The minimum Gasteiger partial charge on any atom is -0.454 e. The molecule has 2 aromatic heterocycles. The summed E-state index contributed by atoms with van der Waals surface area (Å²) in [6.45, 7) is 2.38. The topological polar surface area (TPSA) is 16.4 Å². The predicted molar refractivity (Wildman–Crippen MR) is 301 cm³/mol. The fraction of sp³-hybridized carbons (Fsp3) is 0.0435. The number of nitrogens with zero attached hydrogens (tertiary/aromatic N) is 1. The van der Waals surface area contributed by atoms with Gasteiger partial charge < -0.3 is 9.32 Å². The van der Waals surface area contributed by atoms with Crippen molar-refractivity contribution in [3.05, 3.63) is 294 Å². The van der Waals surface area contributed by atoms with Gasteiger partial charge in [-0.05, 0) is 110 Å². The fourth-order valence-corrected chi connectivity index (χ4v) is 14.1. The van der Waals surface area contributed by atoms with E-state index in [1.807, 2.05) is 11.3 Å². The quantitative estimate of drug-likeness (QED) is 0.158. The van der Waals surface area contributed by atoms with E-state index in [-0.39, 0.29) is 0 Å². The number of furan rings is 1. The third-order valence-electron chi connectivity index (χ3n) is 16.0. The highest BCUT2D eigenvalue weighted by molar-refractivity contribution is 7.26. The third-order valence-corrected chi connectivity index (χ3v) is 17.3. The number of anilines is 3. The molecule has 13 aromatic rings. The smallest absolute Gasteiger partial charge is 0.159 e. The van der Waals surface area contributed by atoms with Crippen LogP contribution in [-0.4, -0.2) is 0 Å². The highest BCUT2D eigenvalue weighted by Crippen LogP contribution is 2.59. The van der Waals surface area contributed by atoms with Crippen LogP contribution in [0.4, 0.5) is 17.1 Å². The van der Waals surface area contributed by atoms with Crippen molar-refractivity contribution < 1.29 is 4.42 Å². The lowest BCUT2D eigenvalue weighted by Gasteiger charge is -2.35. The number of hydrogen-bond donors (Lipinski definition) is 0. The minimum atomic E-state index is -0.563. The Bertz CT molecular complexity index is 4210. The maximum absolute atomic E-state index is 7.50. The summed E-state index contributed by atoms with van der Waals surface area (Å²) in [5.74, 6) is 0. The van der Waals surface area contributed by atoms with Crippen LogP contribution in [0.15, 0.2) is 259 Å². The van der Waals surface area contributed by atoms with Crippen LogP contribution in [-0.2, 0) is 10.8 Å². The summed E-state index contributed by atoms with van der Waals surface area (Å²) in [6.07, 6.45) is 0. The standard InChI is InChI=1S/C69H45NOS/c1-68(58-31-12-8-23-50(58)51-24-9-13-32-59(51)68)61-34-17-28-55-56-29-18-35-63(66(56)71-65(55)61)70(47-39-37-44(38-40-47)49-27-16-30-57-54-26-11-15-36-64(54)72-67(49)57)48-41-42-53-52-25-10-14-33-60(52)69(62(53)43-48,45-19-4-2-5-20-45)46-21-6-3-7-22-46/h2-43H,1H3. The van der Waals surface area contributed by atoms with E-state index >= 15 is 0 Å². The molecule has 0 bridgehead atoms. The summed E-state index contributed by atoms with van der Waals surface area (Å²) in [7, 11) is 0. The van der Waals surface area contributed by atoms with Gasteiger partial charge in [-0.25, -0.2) is 0 Å².